The van der Waals surface area contributed by atoms with Gasteiger partial charge in [0.15, 0.2) is 0 Å². The monoisotopic (exact) mass is 188 g/mol. The van der Waals surface area contributed by atoms with Crippen LogP contribution in [0.3, 0.4) is 0 Å². The topological polar surface area (TPSA) is 35.8 Å². The van der Waals surface area contributed by atoms with Gasteiger partial charge in [-0.2, -0.15) is 5.26 Å². The molecule has 14 heavy (non-hydrogen) atoms. The summed E-state index contributed by atoms with van der Waals surface area (Å²) >= 11 is 0. The van der Waals surface area contributed by atoms with Crippen molar-refractivity contribution in [1.82, 2.24) is 5.32 Å². The summed E-state index contributed by atoms with van der Waals surface area (Å²) in [4.78, 5) is 0. The SMILES string of the molecule is CCc1ccc(C(C)NCC#N)cc1. The summed E-state index contributed by atoms with van der Waals surface area (Å²) < 4.78 is 0. The molecule has 1 aromatic rings. The van der Waals surface area contributed by atoms with Crippen LogP contribution in [-0.2, 0) is 6.42 Å². The second kappa shape index (κ2) is 5.41. The highest BCUT2D eigenvalue weighted by molar-refractivity contribution is 5.24. The molecule has 1 aromatic carbocycles. The molecule has 0 saturated carbocycles. The molecule has 0 bridgehead atoms. The Morgan fingerprint density at radius 1 is 1.36 bits per heavy atom. The fraction of sp³-hybridized carbons (Fsp3) is 0.417. The third-order valence-electron chi connectivity index (χ3n) is 2.38. The molecule has 0 saturated heterocycles. The Morgan fingerprint density at radius 2 is 2.00 bits per heavy atom. The van der Waals surface area contributed by atoms with E-state index in [0.29, 0.717) is 6.54 Å². The predicted molar refractivity (Wildman–Crippen MR) is 57.9 cm³/mol. The summed E-state index contributed by atoms with van der Waals surface area (Å²) in [5.74, 6) is 0. The molecule has 1 atom stereocenters. The molecule has 0 amide bonds. The number of nitriles is 1. The summed E-state index contributed by atoms with van der Waals surface area (Å²) in [5, 5.41) is 11.6. The van der Waals surface area contributed by atoms with Crippen molar-refractivity contribution in [1.29, 1.82) is 5.26 Å². The summed E-state index contributed by atoms with van der Waals surface area (Å²) in [6.07, 6.45) is 1.07. The molecule has 2 nitrogen and oxygen atoms in total. The lowest BCUT2D eigenvalue weighted by Gasteiger charge is -2.11. The molecular formula is C12H16N2. The third kappa shape index (κ3) is 2.86. The van der Waals surface area contributed by atoms with E-state index in [2.05, 4.69) is 49.5 Å². The van der Waals surface area contributed by atoms with Crippen LogP contribution in [0.2, 0.25) is 0 Å². The molecule has 0 spiro atoms. The zero-order valence-corrected chi connectivity index (χ0v) is 8.75. The summed E-state index contributed by atoms with van der Waals surface area (Å²) in [6, 6.07) is 10.8. The summed E-state index contributed by atoms with van der Waals surface area (Å²) in [5.41, 5.74) is 2.58. The van der Waals surface area contributed by atoms with E-state index in [4.69, 9.17) is 5.26 Å². The quantitative estimate of drug-likeness (QED) is 0.736. The van der Waals surface area contributed by atoms with E-state index in [1.807, 2.05) is 0 Å². The van der Waals surface area contributed by atoms with E-state index in [9.17, 15) is 0 Å². The van der Waals surface area contributed by atoms with Crippen LogP contribution < -0.4 is 5.32 Å². The van der Waals surface area contributed by atoms with Crippen LogP contribution in [0.4, 0.5) is 0 Å². The van der Waals surface area contributed by atoms with Crippen LogP contribution in [0, 0.1) is 11.3 Å². The Hall–Kier alpha value is -1.33. The minimum atomic E-state index is 0.251. The first-order valence-corrected chi connectivity index (χ1v) is 4.97. The number of aryl methyl sites for hydroxylation is 1. The lowest BCUT2D eigenvalue weighted by Crippen LogP contribution is -2.18. The van der Waals surface area contributed by atoms with E-state index in [-0.39, 0.29) is 6.04 Å². The molecule has 0 aromatic heterocycles. The van der Waals surface area contributed by atoms with E-state index >= 15 is 0 Å². The summed E-state index contributed by atoms with van der Waals surface area (Å²) in [7, 11) is 0. The zero-order valence-electron chi connectivity index (χ0n) is 8.75. The second-order valence-corrected chi connectivity index (χ2v) is 3.36. The number of rotatable bonds is 4. The highest BCUT2D eigenvalue weighted by Crippen LogP contribution is 2.13. The smallest absolute Gasteiger partial charge is 0.0845 e. The van der Waals surface area contributed by atoms with E-state index in [0.717, 1.165) is 6.42 Å². The van der Waals surface area contributed by atoms with Gasteiger partial charge in [-0.05, 0) is 24.5 Å². The number of benzene rings is 1. The Labute approximate surface area is 85.6 Å². The predicted octanol–water partition coefficient (Wildman–Crippen LogP) is 2.42. The first-order chi connectivity index (χ1) is 6.77. The number of nitrogens with zero attached hydrogens (tertiary/aromatic N) is 1. The maximum absolute atomic E-state index is 8.43. The van der Waals surface area contributed by atoms with Gasteiger partial charge in [0.2, 0.25) is 0 Å². The van der Waals surface area contributed by atoms with Gasteiger partial charge in [0.1, 0.15) is 0 Å². The van der Waals surface area contributed by atoms with Gasteiger partial charge in [-0.1, -0.05) is 31.2 Å². The molecular weight excluding hydrogens is 172 g/mol. The average Bonchev–Trinajstić information content (AvgIpc) is 2.26. The first kappa shape index (κ1) is 10.7. The van der Waals surface area contributed by atoms with Gasteiger partial charge < -0.3 is 0 Å². The molecule has 2 heteroatoms. The number of nitrogens with one attached hydrogen (secondary N) is 1. The van der Waals surface area contributed by atoms with Crippen molar-refractivity contribution in [2.75, 3.05) is 6.54 Å². The summed E-state index contributed by atoms with van der Waals surface area (Å²) in [6.45, 7) is 4.61. The van der Waals surface area contributed by atoms with E-state index in [1.165, 1.54) is 11.1 Å². The van der Waals surface area contributed by atoms with Gasteiger partial charge in [-0.3, -0.25) is 5.32 Å². The van der Waals surface area contributed by atoms with Gasteiger partial charge in [-0.25, -0.2) is 0 Å². The van der Waals surface area contributed by atoms with Crippen molar-refractivity contribution in [3.63, 3.8) is 0 Å². The van der Waals surface area contributed by atoms with Gasteiger partial charge in [0.05, 0.1) is 12.6 Å². The van der Waals surface area contributed by atoms with Crippen LogP contribution in [0.15, 0.2) is 24.3 Å². The van der Waals surface area contributed by atoms with E-state index in [1.54, 1.807) is 0 Å². The lowest BCUT2D eigenvalue weighted by molar-refractivity contribution is 0.621. The van der Waals surface area contributed by atoms with Crippen LogP contribution in [-0.4, -0.2) is 6.54 Å². The zero-order chi connectivity index (χ0) is 10.4. The molecule has 1 unspecified atom stereocenters. The minimum absolute atomic E-state index is 0.251. The molecule has 0 fully saturated rings. The maximum Gasteiger partial charge on any atom is 0.0845 e. The Morgan fingerprint density at radius 3 is 2.50 bits per heavy atom. The normalized spacial score (nSPS) is 12.1. The maximum atomic E-state index is 8.43. The number of hydrogen-bond acceptors (Lipinski definition) is 2. The Balaban J connectivity index is 2.62. The van der Waals surface area contributed by atoms with Crippen molar-refractivity contribution in [2.24, 2.45) is 0 Å². The Kier molecular flexibility index (Phi) is 4.15. The molecule has 0 aliphatic rings. The van der Waals surface area contributed by atoms with Crippen LogP contribution in [0.5, 0.6) is 0 Å². The molecule has 1 rings (SSSR count). The standard InChI is InChI=1S/C12H16N2/c1-3-11-4-6-12(7-5-11)10(2)14-9-8-13/h4-7,10,14H,3,9H2,1-2H3. The highest BCUT2D eigenvalue weighted by atomic mass is 14.9. The van der Waals surface area contributed by atoms with Crippen molar-refractivity contribution < 1.29 is 0 Å². The fourth-order valence-corrected chi connectivity index (χ4v) is 1.36. The van der Waals surface area contributed by atoms with Crippen molar-refractivity contribution >= 4 is 0 Å². The molecule has 0 aliphatic carbocycles. The van der Waals surface area contributed by atoms with Crippen LogP contribution in [0.1, 0.15) is 31.0 Å². The van der Waals surface area contributed by atoms with Gasteiger partial charge in [-0.15, -0.1) is 0 Å². The van der Waals surface area contributed by atoms with Crippen molar-refractivity contribution in [2.45, 2.75) is 26.3 Å². The van der Waals surface area contributed by atoms with Gasteiger partial charge >= 0.3 is 0 Å². The van der Waals surface area contributed by atoms with Crippen LogP contribution >= 0.6 is 0 Å². The molecule has 0 aliphatic heterocycles. The van der Waals surface area contributed by atoms with Gasteiger partial charge in [0.25, 0.3) is 0 Å². The van der Waals surface area contributed by atoms with E-state index < -0.39 is 0 Å². The van der Waals surface area contributed by atoms with Gasteiger partial charge in [0, 0.05) is 6.04 Å². The minimum Gasteiger partial charge on any atom is -0.298 e. The average molecular weight is 188 g/mol. The first-order valence-electron chi connectivity index (χ1n) is 4.97. The Bertz CT molecular complexity index is 308. The molecule has 0 radical (unpaired) electrons. The largest absolute Gasteiger partial charge is 0.298 e. The fourth-order valence-electron chi connectivity index (χ4n) is 1.36. The van der Waals surface area contributed by atoms with Crippen molar-refractivity contribution in [3.8, 4) is 6.07 Å². The molecule has 0 heterocycles. The lowest BCUT2D eigenvalue weighted by atomic mass is 10.1. The molecule has 1 N–H and O–H groups in total. The second-order valence-electron chi connectivity index (χ2n) is 3.36. The number of hydrogen-bond donors (Lipinski definition) is 1. The van der Waals surface area contributed by atoms with Crippen LogP contribution in [0.25, 0.3) is 0 Å². The van der Waals surface area contributed by atoms with Crippen molar-refractivity contribution in [3.05, 3.63) is 35.4 Å². The molecule has 74 valence electrons. The highest BCUT2D eigenvalue weighted by Gasteiger charge is 2.02. The third-order valence-corrected chi connectivity index (χ3v) is 2.38.